The van der Waals surface area contributed by atoms with Crippen LogP contribution in [0.1, 0.15) is 17.3 Å². The molecule has 0 atom stereocenters. The highest BCUT2D eigenvalue weighted by Gasteiger charge is 2.16. The van der Waals surface area contributed by atoms with Gasteiger partial charge in [0.15, 0.2) is 0 Å². The van der Waals surface area contributed by atoms with E-state index in [2.05, 4.69) is 22.2 Å². The van der Waals surface area contributed by atoms with Crippen LogP contribution >= 0.6 is 0 Å². The number of nitrogens with zero attached hydrogens (tertiary/aromatic N) is 2. The molecule has 0 aromatic heterocycles. The van der Waals surface area contributed by atoms with Gasteiger partial charge in [0, 0.05) is 44.1 Å². The van der Waals surface area contributed by atoms with Gasteiger partial charge in [-0.15, -0.1) is 0 Å². The van der Waals surface area contributed by atoms with E-state index in [4.69, 9.17) is 5.73 Å². The van der Waals surface area contributed by atoms with E-state index in [0.29, 0.717) is 17.8 Å². The first-order chi connectivity index (χ1) is 9.11. The third-order valence-electron chi connectivity index (χ3n) is 3.49. The van der Waals surface area contributed by atoms with Gasteiger partial charge in [0.25, 0.3) is 5.91 Å². The number of hydrogen-bond donors (Lipinski definition) is 2. The van der Waals surface area contributed by atoms with Crippen molar-refractivity contribution in [1.29, 1.82) is 0 Å². The Bertz CT molecular complexity index is 453. The predicted molar refractivity (Wildman–Crippen MR) is 78.6 cm³/mol. The Balaban J connectivity index is 2.18. The van der Waals surface area contributed by atoms with Crippen LogP contribution in [0, 0.1) is 0 Å². The summed E-state index contributed by atoms with van der Waals surface area (Å²) in [5.74, 6) is -0.101. The fourth-order valence-corrected chi connectivity index (χ4v) is 2.26. The fraction of sp³-hybridized carbons (Fsp3) is 0.500. The van der Waals surface area contributed by atoms with Crippen molar-refractivity contribution < 1.29 is 4.79 Å². The Kier molecular flexibility index (Phi) is 4.27. The lowest BCUT2D eigenvalue weighted by molar-refractivity contribution is 0.0956. The van der Waals surface area contributed by atoms with Crippen LogP contribution in [-0.4, -0.2) is 50.6 Å². The topological polar surface area (TPSA) is 61.6 Å². The monoisotopic (exact) mass is 262 g/mol. The van der Waals surface area contributed by atoms with Gasteiger partial charge in [-0.25, -0.2) is 0 Å². The van der Waals surface area contributed by atoms with Gasteiger partial charge in [-0.2, -0.15) is 0 Å². The highest BCUT2D eigenvalue weighted by molar-refractivity contribution is 6.00. The molecule has 1 saturated heterocycles. The molecule has 3 N–H and O–H groups in total. The maximum atomic E-state index is 11.9. The number of nitrogens with one attached hydrogen (secondary N) is 1. The van der Waals surface area contributed by atoms with E-state index in [-0.39, 0.29) is 5.91 Å². The molecule has 1 heterocycles. The highest BCUT2D eigenvalue weighted by atomic mass is 16.1. The Morgan fingerprint density at radius 1 is 1.32 bits per heavy atom. The highest BCUT2D eigenvalue weighted by Crippen LogP contribution is 2.22. The van der Waals surface area contributed by atoms with Gasteiger partial charge in [-0.3, -0.25) is 4.79 Å². The first-order valence-electron chi connectivity index (χ1n) is 6.73. The standard InChI is InChI=1S/C14H22N4O/c1-3-16-14(19)12-10-11(4-5-13(12)15)18-8-6-17(2)7-9-18/h4-5,10H,3,6-9,15H2,1-2H3,(H,16,19). The minimum atomic E-state index is -0.101. The number of carbonyl (C=O) groups is 1. The lowest BCUT2D eigenvalue weighted by Gasteiger charge is -2.34. The van der Waals surface area contributed by atoms with E-state index in [0.717, 1.165) is 31.9 Å². The fourth-order valence-electron chi connectivity index (χ4n) is 2.26. The second-order valence-corrected chi connectivity index (χ2v) is 4.92. The van der Waals surface area contributed by atoms with Crippen molar-refractivity contribution >= 4 is 17.3 Å². The number of carbonyl (C=O) groups excluding carboxylic acids is 1. The van der Waals surface area contributed by atoms with Crippen LogP contribution in [0.4, 0.5) is 11.4 Å². The zero-order valence-electron chi connectivity index (χ0n) is 11.6. The molecule has 0 bridgehead atoms. The molecule has 0 saturated carbocycles. The number of rotatable bonds is 3. The Morgan fingerprint density at radius 2 is 2.00 bits per heavy atom. The van der Waals surface area contributed by atoms with Crippen LogP contribution in [0.5, 0.6) is 0 Å². The quantitative estimate of drug-likeness (QED) is 0.790. The van der Waals surface area contributed by atoms with Gasteiger partial charge < -0.3 is 20.9 Å². The van der Waals surface area contributed by atoms with Crippen LogP contribution in [0.15, 0.2) is 18.2 Å². The van der Waals surface area contributed by atoms with Crippen LogP contribution in [0.2, 0.25) is 0 Å². The number of amides is 1. The molecular weight excluding hydrogens is 240 g/mol. The second-order valence-electron chi connectivity index (χ2n) is 4.92. The third-order valence-corrected chi connectivity index (χ3v) is 3.49. The first-order valence-corrected chi connectivity index (χ1v) is 6.73. The van der Waals surface area contributed by atoms with E-state index in [1.165, 1.54) is 0 Å². The predicted octanol–water partition coefficient (Wildman–Crippen LogP) is 0.770. The summed E-state index contributed by atoms with van der Waals surface area (Å²) in [6.45, 7) is 6.56. The van der Waals surface area contributed by atoms with Gasteiger partial charge in [0.1, 0.15) is 0 Å². The zero-order valence-corrected chi connectivity index (χ0v) is 11.6. The summed E-state index contributed by atoms with van der Waals surface area (Å²) in [5.41, 5.74) is 8.06. The molecule has 1 aromatic carbocycles. The summed E-state index contributed by atoms with van der Waals surface area (Å²) >= 11 is 0. The first kappa shape index (κ1) is 13.7. The van der Waals surface area contributed by atoms with Gasteiger partial charge in [0.05, 0.1) is 5.56 Å². The summed E-state index contributed by atoms with van der Waals surface area (Å²) in [4.78, 5) is 16.5. The minimum absolute atomic E-state index is 0.101. The Hall–Kier alpha value is -1.75. The Labute approximate surface area is 114 Å². The van der Waals surface area contributed by atoms with Crippen molar-refractivity contribution in [3.05, 3.63) is 23.8 Å². The van der Waals surface area contributed by atoms with E-state index in [1.54, 1.807) is 0 Å². The molecule has 1 aliphatic rings. The van der Waals surface area contributed by atoms with E-state index >= 15 is 0 Å². The number of nitrogen functional groups attached to an aromatic ring is 1. The largest absolute Gasteiger partial charge is 0.398 e. The molecule has 1 amide bonds. The summed E-state index contributed by atoms with van der Waals surface area (Å²) in [7, 11) is 2.13. The number of likely N-dealkylation sites (N-methyl/N-ethyl adjacent to an activating group) is 1. The summed E-state index contributed by atoms with van der Waals surface area (Å²) in [5, 5.41) is 2.79. The smallest absolute Gasteiger partial charge is 0.253 e. The van der Waals surface area contributed by atoms with Gasteiger partial charge in [0.2, 0.25) is 0 Å². The van der Waals surface area contributed by atoms with Gasteiger partial charge in [-0.1, -0.05) is 0 Å². The number of piperazine rings is 1. The molecule has 5 heteroatoms. The van der Waals surface area contributed by atoms with E-state index in [1.807, 2.05) is 25.1 Å². The number of hydrogen-bond acceptors (Lipinski definition) is 4. The third kappa shape index (κ3) is 3.17. The maximum Gasteiger partial charge on any atom is 0.253 e. The van der Waals surface area contributed by atoms with E-state index < -0.39 is 0 Å². The van der Waals surface area contributed by atoms with Crippen LogP contribution in [0.3, 0.4) is 0 Å². The van der Waals surface area contributed by atoms with Crippen molar-refractivity contribution in [3.8, 4) is 0 Å². The maximum absolute atomic E-state index is 11.9. The number of benzene rings is 1. The van der Waals surface area contributed by atoms with Gasteiger partial charge >= 0.3 is 0 Å². The van der Waals surface area contributed by atoms with Crippen molar-refractivity contribution in [3.63, 3.8) is 0 Å². The summed E-state index contributed by atoms with van der Waals surface area (Å²) in [6.07, 6.45) is 0. The molecule has 1 fully saturated rings. The Morgan fingerprint density at radius 3 is 2.63 bits per heavy atom. The SMILES string of the molecule is CCNC(=O)c1cc(N2CCN(C)CC2)ccc1N. The molecule has 2 rings (SSSR count). The molecule has 1 aromatic rings. The normalized spacial score (nSPS) is 16.4. The molecule has 0 aliphatic carbocycles. The summed E-state index contributed by atoms with van der Waals surface area (Å²) < 4.78 is 0. The van der Waals surface area contributed by atoms with Crippen molar-refractivity contribution in [2.75, 3.05) is 50.4 Å². The van der Waals surface area contributed by atoms with Crippen molar-refractivity contribution in [2.45, 2.75) is 6.92 Å². The molecule has 5 nitrogen and oxygen atoms in total. The van der Waals surface area contributed by atoms with Crippen LogP contribution < -0.4 is 16.0 Å². The molecule has 0 spiro atoms. The number of anilines is 2. The molecule has 104 valence electrons. The van der Waals surface area contributed by atoms with Gasteiger partial charge in [-0.05, 0) is 32.2 Å². The summed E-state index contributed by atoms with van der Waals surface area (Å²) in [6, 6.07) is 5.70. The van der Waals surface area contributed by atoms with Crippen molar-refractivity contribution in [1.82, 2.24) is 10.2 Å². The van der Waals surface area contributed by atoms with E-state index in [9.17, 15) is 4.79 Å². The van der Waals surface area contributed by atoms with Crippen molar-refractivity contribution in [2.24, 2.45) is 0 Å². The average Bonchev–Trinajstić information content (AvgIpc) is 2.40. The molecule has 19 heavy (non-hydrogen) atoms. The zero-order chi connectivity index (χ0) is 13.8. The average molecular weight is 262 g/mol. The lowest BCUT2D eigenvalue weighted by Crippen LogP contribution is -2.44. The molecule has 0 unspecified atom stereocenters. The molecule has 0 radical (unpaired) electrons. The lowest BCUT2D eigenvalue weighted by atomic mass is 10.1. The van der Waals surface area contributed by atoms with Crippen LogP contribution in [0.25, 0.3) is 0 Å². The second kappa shape index (κ2) is 5.93. The molecule has 1 aliphatic heterocycles. The number of nitrogens with two attached hydrogens (primary N) is 1. The molecular formula is C14H22N4O. The van der Waals surface area contributed by atoms with Crippen LogP contribution in [-0.2, 0) is 0 Å². The minimum Gasteiger partial charge on any atom is -0.398 e.